The number of rotatable bonds is 4. The first-order chi connectivity index (χ1) is 11.9. The van der Waals surface area contributed by atoms with Gasteiger partial charge in [-0.3, -0.25) is 4.57 Å². The van der Waals surface area contributed by atoms with Crippen molar-refractivity contribution in [2.45, 2.75) is 64.1 Å². The van der Waals surface area contributed by atoms with Crippen molar-refractivity contribution in [2.75, 3.05) is 12.3 Å². The molecule has 0 bridgehead atoms. The molecule has 25 heavy (non-hydrogen) atoms. The number of nitrogen functional groups attached to an aromatic ring is 1. The van der Waals surface area contributed by atoms with Gasteiger partial charge in [-0.05, 0) is 13.8 Å². The Morgan fingerprint density at radius 3 is 2.76 bits per heavy atom. The lowest BCUT2D eigenvalue weighted by Gasteiger charge is -2.25. The van der Waals surface area contributed by atoms with Gasteiger partial charge >= 0.3 is 0 Å². The van der Waals surface area contributed by atoms with E-state index < -0.39 is 5.79 Å². The Bertz CT molecular complexity index is 776. The number of nitrogens with two attached hydrogens (primary N) is 1. The Labute approximate surface area is 145 Å². The largest absolute Gasteiger partial charge is 0.382 e. The Balaban J connectivity index is 1.67. The maximum atomic E-state index is 6.27. The molecule has 9 nitrogen and oxygen atoms in total. The first-order valence-corrected chi connectivity index (χ1v) is 8.53. The number of imidazole rings is 1. The fourth-order valence-electron chi connectivity index (χ4n) is 3.46. The Morgan fingerprint density at radius 2 is 2.00 bits per heavy atom. The van der Waals surface area contributed by atoms with Gasteiger partial charge in [0, 0.05) is 12.6 Å². The summed E-state index contributed by atoms with van der Waals surface area (Å²) in [6, 6.07) is 0.359. The number of nitrogens with one attached hydrogen (secondary N) is 1. The molecule has 0 spiro atoms. The molecule has 2 aromatic heterocycles. The van der Waals surface area contributed by atoms with E-state index in [1.165, 1.54) is 6.33 Å². The fourth-order valence-corrected chi connectivity index (χ4v) is 3.46. The SMILES string of the molecule is CC(C)NCC1OC(n2cnc3c(N)ncnc32)C2OC(C)(C)OC12. The third kappa shape index (κ3) is 2.86. The van der Waals surface area contributed by atoms with Gasteiger partial charge in [0.2, 0.25) is 0 Å². The van der Waals surface area contributed by atoms with E-state index in [0.717, 1.165) is 0 Å². The number of hydrogen-bond acceptors (Lipinski definition) is 8. The van der Waals surface area contributed by atoms with Crippen LogP contribution in [0.3, 0.4) is 0 Å². The zero-order valence-electron chi connectivity index (χ0n) is 14.8. The lowest BCUT2D eigenvalue weighted by molar-refractivity contribution is -0.195. The molecular weight excluding hydrogens is 324 g/mol. The molecule has 2 aromatic rings. The second-order valence-corrected chi connectivity index (χ2v) is 7.28. The van der Waals surface area contributed by atoms with Crippen molar-refractivity contribution in [3.63, 3.8) is 0 Å². The molecule has 2 aliphatic heterocycles. The lowest BCUT2D eigenvalue weighted by atomic mass is 10.1. The minimum atomic E-state index is -0.655. The van der Waals surface area contributed by atoms with E-state index in [-0.39, 0.29) is 24.5 Å². The van der Waals surface area contributed by atoms with Gasteiger partial charge in [0.1, 0.15) is 30.2 Å². The molecule has 0 saturated carbocycles. The second-order valence-electron chi connectivity index (χ2n) is 7.28. The van der Waals surface area contributed by atoms with Crippen molar-refractivity contribution in [1.82, 2.24) is 24.8 Å². The molecule has 0 aromatic carbocycles. The van der Waals surface area contributed by atoms with E-state index in [9.17, 15) is 0 Å². The predicted octanol–water partition coefficient (Wildman–Crippen LogP) is 0.824. The third-order valence-electron chi connectivity index (χ3n) is 4.51. The molecule has 2 fully saturated rings. The number of ether oxygens (including phenoxy) is 3. The second kappa shape index (κ2) is 5.87. The standard InChI is InChI=1S/C16H24N6O3/c1-8(2)18-5-9-11-12(25-16(3,4)24-11)15(23-9)22-7-21-10-13(17)19-6-20-14(10)22/h6-9,11-12,15,18H,5H2,1-4H3,(H2,17,19,20). The summed E-state index contributed by atoms with van der Waals surface area (Å²) in [6.45, 7) is 8.72. The quantitative estimate of drug-likeness (QED) is 0.836. The highest BCUT2D eigenvalue weighted by Gasteiger charge is 2.55. The molecule has 4 rings (SSSR count). The molecule has 0 radical (unpaired) electrons. The number of aromatic nitrogens is 4. The van der Waals surface area contributed by atoms with Gasteiger partial charge in [-0.15, -0.1) is 0 Å². The maximum absolute atomic E-state index is 6.27. The Morgan fingerprint density at radius 1 is 1.24 bits per heavy atom. The molecule has 4 heterocycles. The van der Waals surface area contributed by atoms with Crippen molar-refractivity contribution >= 4 is 17.0 Å². The van der Waals surface area contributed by atoms with Crippen LogP contribution in [-0.4, -0.2) is 56.2 Å². The average molecular weight is 348 g/mol. The van der Waals surface area contributed by atoms with Gasteiger partial charge in [0.05, 0.1) is 6.33 Å². The number of nitrogens with zero attached hydrogens (tertiary/aromatic N) is 4. The minimum absolute atomic E-state index is 0.129. The Hall–Kier alpha value is -1.81. The fraction of sp³-hybridized carbons (Fsp3) is 0.688. The van der Waals surface area contributed by atoms with E-state index in [4.69, 9.17) is 19.9 Å². The van der Waals surface area contributed by atoms with Crippen molar-refractivity contribution < 1.29 is 14.2 Å². The molecule has 0 amide bonds. The molecule has 4 atom stereocenters. The van der Waals surface area contributed by atoms with Crippen molar-refractivity contribution in [3.05, 3.63) is 12.7 Å². The van der Waals surface area contributed by atoms with Crippen LogP contribution < -0.4 is 11.1 Å². The summed E-state index contributed by atoms with van der Waals surface area (Å²) in [6.07, 6.45) is 2.17. The van der Waals surface area contributed by atoms with Crippen LogP contribution in [0.25, 0.3) is 11.2 Å². The minimum Gasteiger partial charge on any atom is -0.382 e. The summed E-state index contributed by atoms with van der Waals surface area (Å²) in [5.41, 5.74) is 7.08. The first kappa shape index (κ1) is 16.6. The highest BCUT2D eigenvalue weighted by atomic mass is 16.8. The normalized spacial score (nSPS) is 31.1. The van der Waals surface area contributed by atoms with Crippen molar-refractivity contribution in [3.8, 4) is 0 Å². The van der Waals surface area contributed by atoms with Gasteiger partial charge in [-0.25, -0.2) is 15.0 Å². The number of anilines is 1. The van der Waals surface area contributed by atoms with E-state index in [1.54, 1.807) is 6.33 Å². The van der Waals surface area contributed by atoms with Crippen LogP contribution in [0, 0.1) is 0 Å². The van der Waals surface area contributed by atoms with E-state index >= 15 is 0 Å². The van der Waals surface area contributed by atoms with Gasteiger partial charge in [0.25, 0.3) is 0 Å². The van der Waals surface area contributed by atoms with Crippen LogP contribution in [0.15, 0.2) is 12.7 Å². The summed E-state index contributed by atoms with van der Waals surface area (Å²) in [4.78, 5) is 12.6. The van der Waals surface area contributed by atoms with Crippen LogP contribution in [-0.2, 0) is 14.2 Å². The summed E-state index contributed by atoms with van der Waals surface area (Å²) in [7, 11) is 0. The number of hydrogen-bond donors (Lipinski definition) is 2. The van der Waals surface area contributed by atoms with Gasteiger partial charge in [-0.2, -0.15) is 0 Å². The molecule has 9 heteroatoms. The zero-order chi connectivity index (χ0) is 17.8. The van der Waals surface area contributed by atoms with Crippen LogP contribution in [0.1, 0.15) is 33.9 Å². The lowest BCUT2D eigenvalue weighted by Crippen LogP contribution is -2.39. The van der Waals surface area contributed by atoms with Gasteiger partial charge < -0.3 is 25.3 Å². The molecule has 136 valence electrons. The Kier molecular flexibility index (Phi) is 3.91. The predicted molar refractivity (Wildman–Crippen MR) is 90.6 cm³/mol. The van der Waals surface area contributed by atoms with E-state index in [2.05, 4.69) is 34.1 Å². The van der Waals surface area contributed by atoms with Crippen molar-refractivity contribution in [2.24, 2.45) is 0 Å². The summed E-state index contributed by atoms with van der Waals surface area (Å²) in [5, 5.41) is 3.41. The molecule has 2 aliphatic rings. The molecule has 3 N–H and O–H groups in total. The van der Waals surface area contributed by atoms with Gasteiger partial charge in [-0.1, -0.05) is 13.8 Å². The molecule has 0 aliphatic carbocycles. The molecule has 2 saturated heterocycles. The summed E-state index contributed by atoms with van der Waals surface area (Å²) in [5.74, 6) is -0.307. The smallest absolute Gasteiger partial charge is 0.167 e. The van der Waals surface area contributed by atoms with E-state index in [1.807, 2.05) is 18.4 Å². The molecule has 4 unspecified atom stereocenters. The monoisotopic (exact) mass is 348 g/mol. The highest BCUT2D eigenvalue weighted by molar-refractivity contribution is 5.81. The topological polar surface area (TPSA) is 109 Å². The summed E-state index contributed by atoms with van der Waals surface area (Å²) >= 11 is 0. The van der Waals surface area contributed by atoms with Crippen LogP contribution >= 0.6 is 0 Å². The van der Waals surface area contributed by atoms with E-state index in [0.29, 0.717) is 29.6 Å². The van der Waals surface area contributed by atoms with Crippen LogP contribution in [0.4, 0.5) is 5.82 Å². The third-order valence-corrected chi connectivity index (χ3v) is 4.51. The number of fused-ring (bicyclic) bond motifs is 2. The first-order valence-electron chi connectivity index (χ1n) is 8.53. The van der Waals surface area contributed by atoms with Crippen LogP contribution in [0.5, 0.6) is 0 Å². The average Bonchev–Trinajstić information content (AvgIpc) is 3.17. The van der Waals surface area contributed by atoms with Crippen LogP contribution in [0.2, 0.25) is 0 Å². The van der Waals surface area contributed by atoms with Crippen molar-refractivity contribution in [1.29, 1.82) is 0 Å². The highest BCUT2D eigenvalue weighted by Crippen LogP contribution is 2.43. The maximum Gasteiger partial charge on any atom is 0.167 e. The zero-order valence-corrected chi connectivity index (χ0v) is 14.8. The van der Waals surface area contributed by atoms with Gasteiger partial charge in [0.15, 0.2) is 23.5 Å². The molecular formula is C16H24N6O3. The summed E-state index contributed by atoms with van der Waals surface area (Å²) < 4.78 is 20.4.